The Bertz CT molecular complexity index is 3400. The Morgan fingerprint density at radius 3 is 2.14 bits per heavy atom. The van der Waals surface area contributed by atoms with Gasteiger partial charge in [0.05, 0.1) is 0 Å². The summed E-state index contributed by atoms with van der Waals surface area (Å²) in [6.07, 6.45) is -0.518. The summed E-state index contributed by atoms with van der Waals surface area (Å²) in [4.78, 5) is 5.29. The van der Waals surface area contributed by atoms with Crippen LogP contribution in [0.1, 0.15) is 29.0 Å². The molecule has 0 saturated heterocycles. The molecule has 0 spiro atoms. The summed E-state index contributed by atoms with van der Waals surface area (Å²) in [5, 5.41) is 20.0. The zero-order chi connectivity index (χ0) is 36.7. The van der Waals surface area contributed by atoms with Gasteiger partial charge in [-0.05, 0) is 79.8 Å². The molecule has 4 nitrogen and oxygen atoms in total. The van der Waals surface area contributed by atoms with Crippen molar-refractivity contribution in [2.45, 2.75) is 12.3 Å². The predicted molar refractivity (Wildman–Crippen MR) is 236 cm³/mol. The quantitative estimate of drug-likeness (QED) is 0.177. The van der Waals surface area contributed by atoms with Crippen LogP contribution in [0.15, 0.2) is 185 Å². The topological polar surface area (TPSA) is 49.6 Å². The number of hydrogen-bond donors (Lipinski definition) is 2. The van der Waals surface area contributed by atoms with Gasteiger partial charge in [0, 0.05) is 47.6 Å². The highest BCUT2D eigenvalue weighted by Gasteiger charge is 2.28. The molecule has 5 heteroatoms. The van der Waals surface area contributed by atoms with Gasteiger partial charge in [-0.25, -0.2) is 4.99 Å². The average molecular weight is 736 g/mol. The minimum Gasteiger partial charge on any atom is -0.456 e. The number of furan rings is 1. The molecular formula is C51H33N3OS. The molecule has 12 rings (SSSR count). The standard InChI is InChI=1S/C51H33N3OS/c1-2-12-32(13-3-1)49-52-50(35-24-23-31-22-21-30-11-4-6-15-36(30)41(31)28-35)54-51(53-49)40-18-10-19-43-46(40)38-26-25-34(29-44(38)55-43)42-27-33-14-5-7-16-37(33)47-39-17-8-9-20-45(39)56-48(42)47/h1-29,50-51,54H,(H,52,53). The molecule has 0 aliphatic carbocycles. The SMILES string of the molecule is c1ccc(C2=NC(c3ccc4ccc5ccccc5c4c3)NC(c3cccc4oc5cc(-c6cc7ccccc7c7c6sc6ccccc67)ccc5c34)N2)cc1. The zero-order valence-electron chi connectivity index (χ0n) is 30.2. The Kier molecular flexibility index (Phi) is 6.97. The smallest absolute Gasteiger partial charge is 0.136 e. The van der Waals surface area contributed by atoms with Crippen LogP contribution in [0.5, 0.6) is 0 Å². The monoisotopic (exact) mass is 735 g/mol. The zero-order valence-corrected chi connectivity index (χ0v) is 31.0. The van der Waals surface area contributed by atoms with Gasteiger partial charge in [0.1, 0.15) is 29.3 Å². The molecular weight excluding hydrogens is 703 g/mol. The van der Waals surface area contributed by atoms with Crippen molar-refractivity contribution in [3.05, 3.63) is 193 Å². The first-order valence-electron chi connectivity index (χ1n) is 19.1. The molecule has 0 bridgehead atoms. The van der Waals surface area contributed by atoms with E-state index in [4.69, 9.17) is 9.41 Å². The Morgan fingerprint density at radius 1 is 0.500 bits per heavy atom. The number of rotatable bonds is 4. The van der Waals surface area contributed by atoms with E-state index >= 15 is 0 Å². The van der Waals surface area contributed by atoms with Crippen molar-refractivity contribution in [1.29, 1.82) is 0 Å². The van der Waals surface area contributed by atoms with Crippen LogP contribution in [-0.4, -0.2) is 5.84 Å². The van der Waals surface area contributed by atoms with Gasteiger partial charge in [-0.15, -0.1) is 11.3 Å². The highest BCUT2D eigenvalue weighted by Crippen LogP contribution is 2.45. The van der Waals surface area contributed by atoms with E-state index in [-0.39, 0.29) is 12.3 Å². The molecule has 9 aromatic carbocycles. The molecule has 0 amide bonds. The molecule has 0 saturated carbocycles. The fraction of sp³-hybridized carbons (Fsp3) is 0.0392. The second-order valence-corrected chi connectivity index (χ2v) is 15.8. The molecule has 2 unspecified atom stereocenters. The van der Waals surface area contributed by atoms with E-state index in [1.807, 2.05) is 17.4 Å². The van der Waals surface area contributed by atoms with E-state index < -0.39 is 0 Å². The van der Waals surface area contributed by atoms with Gasteiger partial charge in [-0.1, -0.05) is 140 Å². The number of aliphatic imine (C=N–C) groups is 1. The number of hydrogen-bond acceptors (Lipinski definition) is 5. The molecule has 56 heavy (non-hydrogen) atoms. The molecule has 1 aliphatic heterocycles. The van der Waals surface area contributed by atoms with Crippen LogP contribution in [0.25, 0.3) is 85.6 Å². The predicted octanol–water partition coefficient (Wildman–Crippen LogP) is 13.4. The second kappa shape index (κ2) is 12.4. The first kappa shape index (κ1) is 31.5. The lowest BCUT2D eigenvalue weighted by atomic mass is 9.95. The number of thiophene rings is 1. The van der Waals surface area contributed by atoms with Crippen molar-refractivity contribution in [2.24, 2.45) is 4.99 Å². The van der Waals surface area contributed by atoms with Crippen LogP contribution >= 0.6 is 11.3 Å². The van der Waals surface area contributed by atoms with E-state index in [9.17, 15) is 0 Å². The Labute approximate surface area is 326 Å². The summed E-state index contributed by atoms with van der Waals surface area (Å²) in [7, 11) is 0. The van der Waals surface area contributed by atoms with Crippen molar-refractivity contribution in [3.8, 4) is 11.1 Å². The first-order chi connectivity index (χ1) is 27.7. The molecule has 2 atom stereocenters. The molecule has 0 radical (unpaired) electrons. The minimum absolute atomic E-state index is 0.237. The third kappa shape index (κ3) is 4.92. The summed E-state index contributed by atoms with van der Waals surface area (Å²) in [6, 6.07) is 63.1. The van der Waals surface area contributed by atoms with Crippen LogP contribution in [0.3, 0.4) is 0 Å². The summed E-state index contributed by atoms with van der Waals surface area (Å²) in [5.74, 6) is 0.855. The Balaban J connectivity index is 0.998. The van der Waals surface area contributed by atoms with E-state index in [1.165, 1.54) is 58.1 Å². The summed E-state index contributed by atoms with van der Waals surface area (Å²) >= 11 is 1.87. The lowest BCUT2D eigenvalue weighted by Gasteiger charge is -2.32. The number of fused-ring (bicyclic) bond motifs is 11. The third-order valence-corrected chi connectivity index (χ3v) is 12.7. The van der Waals surface area contributed by atoms with Crippen molar-refractivity contribution in [2.75, 3.05) is 0 Å². The lowest BCUT2D eigenvalue weighted by Crippen LogP contribution is -2.45. The lowest BCUT2D eigenvalue weighted by molar-refractivity contribution is 0.411. The first-order valence-corrected chi connectivity index (χ1v) is 19.9. The molecule has 2 aromatic heterocycles. The molecule has 264 valence electrons. The number of benzene rings is 9. The van der Waals surface area contributed by atoms with E-state index in [0.29, 0.717) is 0 Å². The van der Waals surface area contributed by atoms with Crippen LogP contribution < -0.4 is 10.6 Å². The van der Waals surface area contributed by atoms with Gasteiger partial charge in [0.2, 0.25) is 0 Å². The number of nitrogens with zero attached hydrogens (tertiary/aromatic N) is 1. The van der Waals surface area contributed by atoms with Crippen LogP contribution in [0, 0.1) is 0 Å². The molecule has 1 aliphatic rings. The van der Waals surface area contributed by atoms with Crippen molar-refractivity contribution >= 4 is 91.6 Å². The molecule has 3 heterocycles. The summed E-state index contributed by atoms with van der Waals surface area (Å²) in [5.41, 5.74) is 7.40. The molecule has 0 fully saturated rings. The van der Waals surface area contributed by atoms with Crippen molar-refractivity contribution < 1.29 is 4.42 Å². The average Bonchev–Trinajstić information content (AvgIpc) is 3.85. The number of amidine groups is 1. The maximum Gasteiger partial charge on any atom is 0.136 e. The summed E-state index contributed by atoms with van der Waals surface area (Å²) < 4.78 is 9.34. The van der Waals surface area contributed by atoms with Crippen LogP contribution in [0.4, 0.5) is 0 Å². The third-order valence-electron chi connectivity index (χ3n) is 11.5. The highest BCUT2D eigenvalue weighted by atomic mass is 32.1. The highest BCUT2D eigenvalue weighted by molar-refractivity contribution is 7.26. The largest absolute Gasteiger partial charge is 0.456 e. The van der Waals surface area contributed by atoms with Gasteiger partial charge in [0.15, 0.2) is 0 Å². The van der Waals surface area contributed by atoms with Gasteiger partial charge in [-0.3, -0.25) is 5.32 Å². The van der Waals surface area contributed by atoms with E-state index in [0.717, 1.165) is 50.0 Å². The fourth-order valence-electron chi connectivity index (χ4n) is 8.87. The summed E-state index contributed by atoms with van der Waals surface area (Å²) in [6.45, 7) is 0. The Hall–Kier alpha value is -6.79. The minimum atomic E-state index is -0.281. The van der Waals surface area contributed by atoms with Crippen molar-refractivity contribution in [3.63, 3.8) is 0 Å². The maximum atomic E-state index is 6.73. The van der Waals surface area contributed by atoms with Crippen LogP contribution in [-0.2, 0) is 0 Å². The molecule has 2 N–H and O–H groups in total. The van der Waals surface area contributed by atoms with Crippen LogP contribution in [0.2, 0.25) is 0 Å². The van der Waals surface area contributed by atoms with E-state index in [2.05, 4.69) is 180 Å². The van der Waals surface area contributed by atoms with E-state index in [1.54, 1.807) is 0 Å². The maximum absolute atomic E-state index is 6.73. The Morgan fingerprint density at radius 2 is 1.25 bits per heavy atom. The van der Waals surface area contributed by atoms with Gasteiger partial charge < -0.3 is 9.73 Å². The van der Waals surface area contributed by atoms with Gasteiger partial charge in [0.25, 0.3) is 0 Å². The van der Waals surface area contributed by atoms with Gasteiger partial charge >= 0.3 is 0 Å². The molecule has 11 aromatic rings. The fourth-order valence-corrected chi connectivity index (χ4v) is 10.1. The normalized spacial score (nSPS) is 16.0. The number of nitrogens with one attached hydrogen (secondary N) is 2. The van der Waals surface area contributed by atoms with Gasteiger partial charge in [-0.2, -0.15) is 0 Å². The second-order valence-electron chi connectivity index (χ2n) is 14.7. The van der Waals surface area contributed by atoms with Crippen molar-refractivity contribution in [1.82, 2.24) is 10.6 Å².